The van der Waals surface area contributed by atoms with E-state index in [1.807, 2.05) is 12.3 Å². The largest absolute Gasteiger partial charge is 0.550 e. The molecular formula is C13H20NO6PS. The highest BCUT2D eigenvalue weighted by Gasteiger charge is 2.29. The van der Waals surface area contributed by atoms with Gasteiger partial charge in [0.1, 0.15) is 0 Å². The molecule has 0 amide bonds. The molecule has 0 saturated heterocycles. The standard InChI is InChI=1S/C13H20NO6PS/c1-5-17-13(15)12(11-8-10(4)9-22-11)14-20-21(16,18-6-2)19-7-3/h8-9H,5-7H2,1-4H3. The number of hydrogen-bond donors (Lipinski definition) is 0. The first-order valence-corrected chi connectivity index (χ1v) is 9.18. The van der Waals surface area contributed by atoms with Gasteiger partial charge in [-0.05, 0) is 44.7 Å². The zero-order valence-corrected chi connectivity index (χ0v) is 14.7. The fourth-order valence-corrected chi connectivity index (χ4v) is 3.28. The number of esters is 1. The fourth-order valence-electron chi connectivity index (χ4n) is 1.43. The second-order valence-electron chi connectivity index (χ2n) is 4.01. The highest BCUT2D eigenvalue weighted by Crippen LogP contribution is 2.49. The van der Waals surface area contributed by atoms with Crippen molar-refractivity contribution in [1.82, 2.24) is 0 Å². The molecule has 124 valence electrons. The summed E-state index contributed by atoms with van der Waals surface area (Å²) in [5.41, 5.74) is 0.898. The summed E-state index contributed by atoms with van der Waals surface area (Å²) in [7, 11) is -3.84. The predicted molar refractivity (Wildman–Crippen MR) is 84.2 cm³/mol. The lowest BCUT2D eigenvalue weighted by Gasteiger charge is -2.13. The third-order valence-corrected chi connectivity index (χ3v) is 4.72. The number of ether oxygens (including phenoxy) is 1. The maximum Gasteiger partial charge on any atom is 0.550 e. The summed E-state index contributed by atoms with van der Waals surface area (Å²) in [6.45, 7) is 7.30. The van der Waals surface area contributed by atoms with Crippen LogP contribution in [-0.4, -0.2) is 31.5 Å². The number of phosphoric ester groups is 1. The fraction of sp³-hybridized carbons (Fsp3) is 0.538. The van der Waals surface area contributed by atoms with Crippen LogP contribution in [0, 0.1) is 6.92 Å². The van der Waals surface area contributed by atoms with Crippen molar-refractivity contribution in [3.63, 3.8) is 0 Å². The van der Waals surface area contributed by atoms with Crippen molar-refractivity contribution in [2.24, 2.45) is 5.16 Å². The molecule has 0 spiro atoms. The monoisotopic (exact) mass is 349 g/mol. The average Bonchev–Trinajstić information content (AvgIpc) is 2.86. The smallest absolute Gasteiger partial charge is 0.461 e. The van der Waals surface area contributed by atoms with Crippen LogP contribution in [0.15, 0.2) is 16.6 Å². The van der Waals surface area contributed by atoms with Crippen LogP contribution in [0.4, 0.5) is 0 Å². The summed E-state index contributed by atoms with van der Waals surface area (Å²) >= 11 is 1.31. The first kappa shape index (κ1) is 18.8. The van der Waals surface area contributed by atoms with Crippen LogP contribution in [0.5, 0.6) is 0 Å². The third-order valence-electron chi connectivity index (χ3n) is 2.24. The van der Waals surface area contributed by atoms with E-state index >= 15 is 0 Å². The van der Waals surface area contributed by atoms with Crippen LogP contribution in [0.2, 0.25) is 0 Å². The molecule has 0 bridgehead atoms. The van der Waals surface area contributed by atoms with Gasteiger partial charge in [0.15, 0.2) is 0 Å². The van der Waals surface area contributed by atoms with Gasteiger partial charge < -0.3 is 4.74 Å². The van der Waals surface area contributed by atoms with Crippen molar-refractivity contribution in [3.8, 4) is 0 Å². The van der Waals surface area contributed by atoms with Gasteiger partial charge in [-0.15, -0.1) is 11.3 Å². The second-order valence-corrected chi connectivity index (χ2v) is 6.50. The SMILES string of the molecule is CCOC(=O)C(=NOP(=O)(OCC)OCC)c1cc(C)cs1. The van der Waals surface area contributed by atoms with Crippen LogP contribution in [0.1, 0.15) is 31.2 Å². The molecule has 0 N–H and O–H groups in total. The summed E-state index contributed by atoms with van der Waals surface area (Å²) < 4.78 is 32.0. The quantitative estimate of drug-likeness (QED) is 0.293. The Morgan fingerprint density at radius 3 is 2.32 bits per heavy atom. The first-order valence-electron chi connectivity index (χ1n) is 6.84. The number of phosphoric acid groups is 1. The number of hydrogen-bond acceptors (Lipinski definition) is 8. The molecular weight excluding hydrogens is 329 g/mol. The molecule has 1 heterocycles. The second kappa shape index (κ2) is 9.05. The number of aryl methyl sites for hydroxylation is 1. The number of thiophene rings is 1. The number of rotatable bonds is 9. The van der Waals surface area contributed by atoms with Crippen molar-refractivity contribution in [1.29, 1.82) is 0 Å². The topological polar surface area (TPSA) is 83.4 Å². The van der Waals surface area contributed by atoms with Crippen molar-refractivity contribution >= 4 is 30.8 Å². The Morgan fingerprint density at radius 1 is 1.23 bits per heavy atom. The number of oxime groups is 1. The molecule has 0 unspecified atom stereocenters. The third kappa shape index (κ3) is 5.53. The number of carbonyl (C=O) groups excluding carboxylic acids is 1. The Hall–Kier alpha value is -1.21. The van der Waals surface area contributed by atoms with Gasteiger partial charge in [0, 0.05) is 0 Å². The molecule has 9 heteroatoms. The van der Waals surface area contributed by atoms with E-state index in [4.69, 9.17) is 18.4 Å². The molecule has 0 aliphatic rings. The van der Waals surface area contributed by atoms with E-state index < -0.39 is 13.8 Å². The number of nitrogens with zero attached hydrogens (tertiary/aromatic N) is 1. The summed E-state index contributed by atoms with van der Waals surface area (Å²) in [5, 5.41) is 5.53. The van der Waals surface area contributed by atoms with Crippen LogP contribution >= 0.6 is 19.2 Å². The van der Waals surface area contributed by atoms with E-state index in [-0.39, 0.29) is 25.5 Å². The zero-order chi connectivity index (χ0) is 16.6. The summed E-state index contributed by atoms with van der Waals surface area (Å²) in [6, 6.07) is 1.76. The van der Waals surface area contributed by atoms with Crippen molar-refractivity contribution in [2.75, 3.05) is 19.8 Å². The van der Waals surface area contributed by atoms with Crippen LogP contribution < -0.4 is 0 Å². The Kier molecular flexibility index (Phi) is 7.75. The minimum atomic E-state index is -3.84. The van der Waals surface area contributed by atoms with E-state index in [0.717, 1.165) is 5.56 Å². The van der Waals surface area contributed by atoms with Gasteiger partial charge in [0.2, 0.25) is 5.71 Å². The highest BCUT2D eigenvalue weighted by molar-refractivity contribution is 7.48. The van der Waals surface area contributed by atoms with Gasteiger partial charge in [-0.2, -0.15) is 0 Å². The van der Waals surface area contributed by atoms with Gasteiger partial charge in [-0.1, -0.05) is 5.16 Å². The molecule has 22 heavy (non-hydrogen) atoms. The Bertz CT molecular complexity index is 561. The van der Waals surface area contributed by atoms with Crippen LogP contribution in [-0.2, 0) is 27.8 Å². The summed E-state index contributed by atoms with van der Waals surface area (Å²) in [6.07, 6.45) is 0. The molecule has 0 aliphatic carbocycles. The van der Waals surface area contributed by atoms with E-state index in [0.29, 0.717) is 4.88 Å². The molecule has 1 aromatic heterocycles. The van der Waals surface area contributed by atoms with Crippen molar-refractivity contribution in [3.05, 3.63) is 21.9 Å². The van der Waals surface area contributed by atoms with E-state index in [2.05, 4.69) is 5.16 Å². The molecule has 0 atom stereocenters. The van der Waals surface area contributed by atoms with Gasteiger partial charge in [0.25, 0.3) is 0 Å². The maximum atomic E-state index is 12.2. The summed E-state index contributed by atoms with van der Waals surface area (Å²) in [4.78, 5) is 12.5. The van der Waals surface area contributed by atoms with Gasteiger partial charge in [-0.25, -0.2) is 9.36 Å². The Balaban J connectivity index is 3.04. The molecule has 1 rings (SSSR count). The Labute approximate surface area is 133 Å². The molecule has 0 fully saturated rings. The first-order chi connectivity index (χ1) is 10.5. The lowest BCUT2D eigenvalue weighted by molar-refractivity contribution is -0.135. The Morgan fingerprint density at radius 2 is 1.86 bits per heavy atom. The van der Waals surface area contributed by atoms with Gasteiger partial charge >= 0.3 is 13.8 Å². The van der Waals surface area contributed by atoms with Crippen LogP contribution in [0.25, 0.3) is 0 Å². The van der Waals surface area contributed by atoms with E-state index in [1.165, 1.54) is 11.3 Å². The normalized spacial score (nSPS) is 12.3. The molecule has 0 saturated carbocycles. The van der Waals surface area contributed by atoms with Gasteiger partial charge in [-0.3, -0.25) is 13.7 Å². The predicted octanol–water partition coefficient (Wildman–Crippen LogP) is 3.52. The minimum Gasteiger partial charge on any atom is -0.461 e. The van der Waals surface area contributed by atoms with Gasteiger partial charge in [0.05, 0.1) is 24.7 Å². The lowest BCUT2D eigenvalue weighted by Crippen LogP contribution is -2.18. The number of carbonyl (C=O) groups is 1. The summed E-state index contributed by atoms with van der Waals surface area (Å²) in [5.74, 6) is -0.663. The lowest BCUT2D eigenvalue weighted by atomic mass is 10.2. The molecule has 7 nitrogen and oxygen atoms in total. The van der Waals surface area contributed by atoms with Crippen molar-refractivity contribution < 1.29 is 27.8 Å². The highest BCUT2D eigenvalue weighted by atomic mass is 32.1. The minimum absolute atomic E-state index is 0.0698. The molecule has 0 radical (unpaired) electrons. The molecule has 0 aromatic carbocycles. The zero-order valence-electron chi connectivity index (χ0n) is 13.0. The van der Waals surface area contributed by atoms with E-state index in [9.17, 15) is 9.36 Å². The molecule has 0 aliphatic heterocycles. The molecule has 1 aromatic rings. The average molecular weight is 349 g/mol. The van der Waals surface area contributed by atoms with Crippen molar-refractivity contribution in [2.45, 2.75) is 27.7 Å². The van der Waals surface area contributed by atoms with E-state index in [1.54, 1.807) is 26.8 Å². The van der Waals surface area contributed by atoms with Crippen LogP contribution in [0.3, 0.4) is 0 Å². The maximum absolute atomic E-state index is 12.2.